The van der Waals surface area contributed by atoms with E-state index in [0.717, 1.165) is 0 Å². The second kappa shape index (κ2) is 127. The van der Waals surface area contributed by atoms with Gasteiger partial charge in [0.1, 0.15) is 0 Å². The quantitative estimate of drug-likeness (QED) is 0.444. The molecule has 0 heterocycles. The van der Waals surface area contributed by atoms with E-state index in [1.165, 1.54) is 0 Å². The van der Waals surface area contributed by atoms with E-state index in [9.17, 15) is 0 Å². The van der Waals surface area contributed by atoms with Crippen molar-refractivity contribution in [3.05, 3.63) is 0 Å². The van der Waals surface area contributed by atoms with Crippen LogP contribution >= 0.6 is 0 Å². The van der Waals surface area contributed by atoms with Crippen LogP contribution in [0.4, 0.5) is 0 Å². The van der Waals surface area contributed by atoms with Crippen molar-refractivity contribution in [3.8, 4) is 0 Å². The fraction of sp³-hybridized carbons (Fsp3) is 0. The minimum atomic E-state index is 0. The van der Waals surface area contributed by atoms with Crippen molar-refractivity contribution in [2.45, 2.75) is 0 Å². The molecule has 0 saturated carbocycles. The number of hydrogen-bond acceptors (Lipinski definition) is 1. The first-order chi connectivity index (χ1) is 0. The zero-order valence-corrected chi connectivity index (χ0v) is 4.98. The third kappa shape index (κ3) is 68.9. The van der Waals surface area contributed by atoms with E-state index in [1.807, 2.05) is 0 Å². The Morgan fingerprint density at radius 3 is 0.667 bits per heavy atom. The summed E-state index contributed by atoms with van der Waals surface area (Å²) in [6, 6.07) is 0. The molecule has 7 N–H and O–H groups in total. The maximum Gasteiger partial charge on any atom is 3.00 e. The van der Waals surface area contributed by atoms with Crippen LogP contribution in [0.1, 0.15) is 0 Å². The second-order valence-corrected chi connectivity index (χ2v) is 0. The summed E-state index contributed by atoms with van der Waals surface area (Å²) in [5, 5.41) is 0. The molecule has 0 rings (SSSR count). The van der Waals surface area contributed by atoms with Gasteiger partial charge < -0.3 is 27.4 Å². The van der Waals surface area contributed by atoms with Crippen molar-refractivity contribution in [2.75, 3.05) is 0 Å². The molecule has 0 aromatic carbocycles. The summed E-state index contributed by atoms with van der Waals surface area (Å²) >= 11 is 0. The van der Waals surface area contributed by atoms with Crippen LogP contribution in [0.2, 0.25) is 0 Å². The molecule has 45 valence electrons. The van der Waals surface area contributed by atoms with Crippen LogP contribution in [-0.2, 0) is 5.48 Å². The molecular formula is H7GdO5. The molecule has 0 atom stereocenters. The predicted molar refractivity (Wildman–Crippen MR) is 13.5 cm³/mol. The predicted octanol–water partition coefficient (Wildman–Crippen LogP) is -2.77. The average Bonchev–Trinajstić information content (AvgIpc) is 0. The summed E-state index contributed by atoms with van der Waals surface area (Å²) in [7, 11) is 0. The molecule has 6 heavy (non-hydrogen) atoms. The smallest absolute Gasteiger partial charge is 2.00 e. The van der Waals surface area contributed by atoms with Gasteiger partial charge in [-0.05, 0) is 0 Å². The summed E-state index contributed by atoms with van der Waals surface area (Å²) in [6.45, 7) is 0. The first kappa shape index (κ1) is 211. The molecule has 0 aromatic rings. The summed E-state index contributed by atoms with van der Waals surface area (Å²) < 4.78 is 0. The van der Waals surface area contributed by atoms with E-state index >= 15 is 0 Å². The van der Waals surface area contributed by atoms with Crippen LogP contribution in [0.15, 0.2) is 0 Å². The maximum atomic E-state index is 0. The van der Waals surface area contributed by atoms with Gasteiger partial charge in [-0.25, -0.2) is 0 Å². The molecule has 0 aliphatic rings. The Kier molecular flexibility index (Phi) is 4480. The first-order valence-electron chi connectivity index (χ1n) is 0. The minimum Gasteiger partial charge on any atom is -2.00 e. The second-order valence-electron chi connectivity index (χ2n) is 0. The molecule has 0 fully saturated rings. The zero-order valence-electron chi connectivity index (χ0n) is 2.71. The topological polar surface area (TPSA) is 153 Å². The van der Waals surface area contributed by atoms with E-state index in [0.29, 0.717) is 0 Å². The molecule has 0 spiro atoms. The van der Waals surface area contributed by atoms with Crippen molar-refractivity contribution in [2.24, 2.45) is 0 Å². The van der Waals surface area contributed by atoms with Crippen LogP contribution < -0.4 is 0 Å². The van der Waals surface area contributed by atoms with Crippen molar-refractivity contribution < 1.29 is 67.3 Å². The van der Waals surface area contributed by atoms with Crippen molar-refractivity contribution in [1.82, 2.24) is 0 Å². The summed E-state index contributed by atoms with van der Waals surface area (Å²) in [5.41, 5.74) is 0. The molecule has 0 unspecified atom stereocenters. The standard InChI is InChI=1S/Gd.4H2O.O/h;4*1H2;/q+3;;;;;-2/p-1. The molecule has 0 aliphatic heterocycles. The Morgan fingerprint density at radius 2 is 0.667 bits per heavy atom. The third-order valence-corrected chi connectivity index (χ3v) is 0. The van der Waals surface area contributed by atoms with Crippen LogP contribution in [-0.4, -0.2) is 21.9 Å². The largest absolute Gasteiger partial charge is 3.00 e. The van der Waals surface area contributed by atoms with Crippen LogP contribution in [0.25, 0.3) is 0 Å². The van der Waals surface area contributed by atoms with Crippen molar-refractivity contribution in [3.63, 3.8) is 0 Å². The van der Waals surface area contributed by atoms with E-state index in [2.05, 4.69) is 0 Å². The fourth-order valence-corrected chi connectivity index (χ4v) is 0. The van der Waals surface area contributed by atoms with Crippen LogP contribution in [0.5, 0.6) is 0 Å². The first-order valence-corrected chi connectivity index (χ1v) is 0. The van der Waals surface area contributed by atoms with Crippen LogP contribution in [0.3, 0.4) is 0 Å². The minimum absolute atomic E-state index is 0. The number of rotatable bonds is 0. The van der Waals surface area contributed by atoms with E-state index in [1.54, 1.807) is 0 Å². The van der Waals surface area contributed by atoms with Gasteiger partial charge in [-0.3, -0.25) is 0 Å². The molecule has 5 nitrogen and oxygen atoms in total. The van der Waals surface area contributed by atoms with Gasteiger partial charge in [-0.1, -0.05) is 0 Å². The van der Waals surface area contributed by atoms with Crippen molar-refractivity contribution >= 4 is 0 Å². The SMILES string of the molecule is O.O.O.[Gd+3].[O-2].[OH-]. The summed E-state index contributed by atoms with van der Waals surface area (Å²) in [4.78, 5) is 0. The molecule has 6 heteroatoms. The molecule has 0 bridgehead atoms. The van der Waals surface area contributed by atoms with Gasteiger partial charge in [-0.15, -0.1) is 0 Å². The van der Waals surface area contributed by atoms with E-state index in [4.69, 9.17) is 0 Å². The van der Waals surface area contributed by atoms with Gasteiger partial charge in [-0.2, -0.15) is 0 Å². The fourth-order valence-electron chi connectivity index (χ4n) is 0. The Morgan fingerprint density at radius 1 is 0.667 bits per heavy atom. The monoisotopic (exact) mass is 245 g/mol. The zero-order chi connectivity index (χ0) is 0. The molecule has 0 aromatic heterocycles. The van der Waals surface area contributed by atoms with Crippen molar-refractivity contribution in [1.29, 1.82) is 0 Å². The number of hydrogen-bond donors (Lipinski definition) is 0. The molecule has 0 amide bonds. The molecular weight excluding hydrogens is 237 g/mol. The Bertz CT molecular complexity index is 3.90. The molecule has 0 saturated heterocycles. The van der Waals surface area contributed by atoms with Gasteiger partial charge in [0.05, 0.1) is 0 Å². The Hall–Kier alpha value is 1.12. The van der Waals surface area contributed by atoms with Gasteiger partial charge in [0.25, 0.3) is 0 Å². The van der Waals surface area contributed by atoms with E-state index < -0.39 is 0 Å². The third-order valence-electron chi connectivity index (χ3n) is 0. The average molecular weight is 244 g/mol. The molecule has 0 aliphatic carbocycles. The normalized spacial score (nSPS) is 0. The van der Waals surface area contributed by atoms with Gasteiger partial charge in [0.15, 0.2) is 0 Å². The van der Waals surface area contributed by atoms with Gasteiger partial charge in [0.2, 0.25) is 0 Å². The Balaban J connectivity index is 0. The maximum absolute atomic E-state index is 0. The van der Waals surface area contributed by atoms with Crippen LogP contribution in [0, 0.1) is 39.9 Å². The van der Waals surface area contributed by atoms with E-state index in [-0.39, 0.29) is 67.3 Å². The van der Waals surface area contributed by atoms with Gasteiger partial charge in [0, 0.05) is 0 Å². The molecule has 1 radical (unpaired) electrons. The van der Waals surface area contributed by atoms with Gasteiger partial charge >= 0.3 is 39.9 Å². The Labute approximate surface area is 67.0 Å². The summed E-state index contributed by atoms with van der Waals surface area (Å²) in [6.07, 6.45) is 0. The summed E-state index contributed by atoms with van der Waals surface area (Å²) in [5.74, 6) is 0.